The number of nitrogens with zero attached hydrogens (tertiary/aromatic N) is 1. The van der Waals surface area contributed by atoms with Gasteiger partial charge < -0.3 is 10.2 Å². The minimum Gasteiger partial charge on any atom is -0.313 e. The molecule has 4 heteroatoms. The van der Waals surface area contributed by atoms with E-state index in [0.29, 0.717) is 22.0 Å². The maximum atomic E-state index is 6.42. The minimum absolute atomic E-state index is 0.304. The fourth-order valence-corrected chi connectivity index (χ4v) is 4.56. The first kappa shape index (κ1) is 14.6. The van der Waals surface area contributed by atoms with Crippen molar-refractivity contribution in [3.8, 4) is 0 Å². The van der Waals surface area contributed by atoms with Gasteiger partial charge in [0.2, 0.25) is 0 Å². The zero-order valence-corrected chi connectivity index (χ0v) is 13.6. The molecule has 110 valence electrons. The van der Waals surface area contributed by atoms with Crippen LogP contribution in [0.5, 0.6) is 0 Å². The third-order valence-electron chi connectivity index (χ3n) is 5.23. The van der Waals surface area contributed by atoms with Crippen molar-refractivity contribution in [1.82, 2.24) is 10.2 Å². The second-order valence-corrected chi connectivity index (χ2v) is 6.98. The molecule has 2 aliphatic heterocycles. The number of nitrogens with one attached hydrogen (secondary N) is 1. The molecule has 3 rings (SSSR count). The summed E-state index contributed by atoms with van der Waals surface area (Å²) in [7, 11) is 4.31. The molecule has 2 bridgehead atoms. The molecule has 2 aliphatic rings. The Morgan fingerprint density at radius 2 is 1.85 bits per heavy atom. The number of hydrogen-bond donors (Lipinski definition) is 1. The first-order valence-electron chi connectivity index (χ1n) is 7.45. The van der Waals surface area contributed by atoms with E-state index in [2.05, 4.69) is 23.3 Å². The van der Waals surface area contributed by atoms with E-state index < -0.39 is 0 Å². The molecule has 0 amide bonds. The maximum Gasteiger partial charge on any atom is 0.0640 e. The Morgan fingerprint density at radius 1 is 1.20 bits per heavy atom. The first-order chi connectivity index (χ1) is 9.61. The lowest BCUT2D eigenvalue weighted by Crippen LogP contribution is -2.43. The van der Waals surface area contributed by atoms with Crippen LogP contribution in [0.15, 0.2) is 18.2 Å². The molecule has 0 aliphatic carbocycles. The van der Waals surface area contributed by atoms with Gasteiger partial charge in [-0.2, -0.15) is 0 Å². The molecule has 2 fully saturated rings. The summed E-state index contributed by atoms with van der Waals surface area (Å²) >= 11 is 12.6. The molecule has 0 spiro atoms. The lowest BCUT2D eigenvalue weighted by atomic mass is 9.82. The topological polar surface area (TPSA) is 15.3 Å². The smallest absolute Gasteiger partial charge is 0.0640 e. The Bertz CT molecular complexity index is 477. The Balaban J connectivity index is 1.86. The van der Waals surface area contributed by atoms with Crippen LogP contribution in [0.25, 0.3) is 0 Å². The van der Waals surface area contributed by atoms with Crippen molar-refractivity contribution in [2.24, 2.45) is 5.92 Å². The Morgan fingerprint density at radius 3 is 2.45 bits per heavy atom. The zero-order chi connectivity index (χ0) is 14.3. The van der Waals surface area contributed by atoms with Gasteiger partial charge in [-0.3, -0.25) is 0 Å². The van der Waals surface area contributed by atoms with Gasteiger partial charge in [0.05, 0.1) is 10.0 Å². The van der Waals surface area contributed by atoms with Gasteiger partial charge in [-0.1, -0.05) is 35.3 Å². The van der Waals surface area contributed by atoms with E-state index in [1.807, 2.05) is 19.2 Å². The van der Waals surface area contributed by atoms with Crippen molar-refractivity contribution in [3.63, 3.8) is 0 Å². The van der Waals surface area contributed by atoms with E-state index >= 15 is 0 Å². The molecule has 3 unspecified atom stereocenters. The van der Waals surface area contributed by atoms with Gasteiger partial charge in [0, 0.05) is 18.1 Å². The maximum absolute atomic E-state index is 6.42. The van der Waals surface area contributed by atoms with E-state index in [4.69, 9.17) is 23.2 Å². The highest BCUT2D eigenvalue weighted by atomic mass is 35.5. The zero-order valence-electron chi connectivity index (χ0n) is 12.1. The van der Waals surface area contributed by atoms with E-state index in [9.17, 15) is 0 Å². The average molecular weight is 313 g/mol. The second kappa shape index (κ2) is 5.84. The van der Waals surface area contributed by atoms with E-state index in [1.54, 1.807) is 0 Å². The van der Waals surface area contributed by atoms with Crippen molar-refractivity contribution in [1.29, 1.82) is 0 Å². The standard InChI is InChI=1S/C16H22Cl2N2/c1-19-16(13-4-3-5-14(17)15(13)18)10-8-11-6-7-12(9-10)20(11)2/h3-5,10-12,16,19H,6-9H2,1-2H3. The van der Waals surface area contributed by atoms with Crippen molar-refractivity contribution >= 4 is 23.2 Å². The molecule has 3 atom stereocenters. The largest absolute Gasteiger partial charge is 0.313 e. The Labute approximate surface area is 131 Å². The highest BCUT2D eigenvalue weighted by molar-refractivity contribution is 6.42. The molecule has 1 N–H and O–H groups in total. The van der Waals surface area contributed by atoms with Gasteiger partial charge in [-0.05, 0) is 57.3 Å². The predicted molar refractivity (Wildman–Crippen MR) is 85.6 cm³/mol. The first-order valence-corrected chi connectivity index (χ1v) is 8.20. The minimum atomic E-state index is 0.304. The van der Waals surface area contributed by atoms with Crippen molar-refractivity contribution in [2.45, 2.75) is 43.8 Å². The molecule has 0 saturated carbocycles. The van der Waals surface area contributed by atoms with Crippen LogP contribution < -0.4 is 5.32 Å². The van der Waals surface area contributed by atoms with Crippen LogP contribution >= 0.6 is 23.2 Å². The van der Waals surface area contributed by atoms with Crippen LogP contribution in [-0.2, 0) is 0 Å². The van der Waals surface area contributed by atoms with E-state index in [-0.39, 0.29) is 0 Å². The number of halogens is 2. The fraction of sp³-hybridized carbons (Fsp3) is 0.625. The van der Waals surface area contributed by atoms with Crippen molar-refractivity contribution in [3.05, 3.63) is 33.8 Å². The monoisotopic (exact) mass is 312 g/mol. The van der Waals surface area contributed by atoms with Crippen molar-refractivity contribution < 1.29 is 0 Å². The predicted octanol–water partition coefficient (Wildman–Crippen LogP) is 4.13. The summed E-state index contributed by atoms with van der Waals surface area (Å²) in [5, 5.41) is 4.84. The number of benzene rings is 1. The molecule has 1 aromatic rings. The number of piperidine rings is 1. The third kappa shape index (κ3) is 2.48. The Hall–Kier alpha value is -0.280. The van der Waals surface area contributed by atoms with Crippen LogP contribution in [0, 0.1) is 5.92 Å². The van der Waals surface area contributed by atoms with Crippen LogP contribution in [0.2, 0.25) is 10.0 Å². The van der Waals surface area contributed by atoms with E-state index in [0.717, 1.165) is 17.6 Å². The fourth-order valence-electron chi connectivity index (χ4n) is 4.13. The summed E-state index contributed by atoms with van der Waals surface area (Å²) in [6.45, 7) is 0. The molecular formula is C16H22Cl2N2. The summed E-state index contributed by atoms with van der Waals surface area (Å²) in [6.07, 6.45) is 5.19. The summed E-state index contributed by atoms with van der Waals surface area (Å²) in [6, 6.07) is 7.75. The summed E-state index contributed by atoms with van der Waals surface area (Å²) in [5.74, 6) is 0.643. The van der Waals surface area contributed by atoms with Gasteiger partial charge in [0.1, 0.15) is 0 Å². The normalized spacial score (nSPS) is 31.5. The van der Waals surface area contributed by atoms with E-state index in [1.165, 1.54) is 25.7 Å². The number of hydrogen-bond acceptors (Lipinski definition) is 2. The lowest BCUT2D eigenvalue weighted by molar-refractivity contribution is 0.114. The molecule has 0 aromatic heterocycles. The Kier molecular flexibility index (Phi) is 4.28. The number of rotatable bonds is 3. The molecule has 1 aromatic carbocycles. The van der Waals surface area contributed by atoms with Gasteiger partial charge in [0.25, 0.3) is 0 Å². The second-order valence-electron chi connectivity index (χ2n) is 6.19. The number of fused-ring (bicyclic) bond motifs is 2. The van der Waals surface area contributed by atoms with Gasteiger partial charge in [0.15, 0.2) is 0 Å². The van der Waals surface area contributed by atoms with Gasteiger partial charge in [-0.15, -0.1) is 0 Å². The molecule has 20 heavy (non-hydrogen) atoms. The average Bonchev–Trinajstić information content (AvgIpc) is 2.66. The molecule has 2 saturated heterocycles. The molecule has 2 nitrogen and oxygen atoms in total. The quantitative estimate of drug-likeness (QED) is 0.903. The highest BCUT2D eigenvalue weighted by Crippen LogP contribution is 2.44. The summed E-state index contributed by atoms with van der Waals surface area (Å²) in [4.78, 5) is 2.57. The van der Waals surface area contributed by atoms with Crippen molar-refractivity contribution in [2.75, 3.05) is 14.1 Å². The molecular weight excluding hydrogens is 291 g/mol. The van der Waals surface area contributed by atoms with Gasteiger partial charge in [-0.25, -0.2) is 0 Å². The van der Waals surface area contributed by atoms with Crippen LogP contribution in [-0.4, -0.2) is 31.1 Å². The third-order valence-corrected chi connectivity index (χ3v) is 6.07. The SMILES string of the molecule is CNC(c1cccc(Cl)c1Cl)C1CC2CCC(C1)N2C. The summed E-state index contributed by atoms with van der Waals surface area (Å²) < 4.78 is 0. The molecule has 0 radical (unpaired) electrons. The van der Waals surface area contributed by atoms with Gasteiger partial charge >= 0.3 is 0 Å². The highest BCUT2D eigenvalue weighted by Gasteiger charge is 2.41. The molecule has 2 heterocycles. The lowest BCUT2D eigenvalue weighted by Gasteiger charge is -2.40. The van der Waals surface area contributed by atoms with Crippen LogP contribution in [0.4, 0.5) is 0 Å². The summed E-state index contributed by atoms with van der Waals surface area (Å²) in [5.41, 5.74) is 1.15. The van der Waals surface area contributed by atoms with Crippen LogP contribution in [0.1, 0.15) is 37.3 Å². The van der Waals surface area contributed by atoms with Crippen LogP contribution in [0.3, 0.4) is 0 Å².